The Morgan fingerprint density at radius 1 is 0.815 bits per heavy atom. The van der Waals surface area contributed by atoms with Crippen molar-refractivity contribution in [3.8, 4) is 0 Å². The molecule has 146 valence electrons. The van der Waals surface area contributed by atoms with Crippen molar-refractivity contribution in [2.75, 3.05) is 28.4 Å². The summed E-state index contributed by atoms with van der Waals surface area (Å²) < 4.78 is 24.7. The van der Waals surface area contributed by atoms with E-state index in [1.54, 1.807) is 30.3 Å². The van der Waals surface area contributed by atoms with E-state index in [2.05, 4.69) is 0 Å². The van der Waals surface area contributed by atoms with E-state index in [4.69, 9.17) is 23.7 Å². The lowest BCUT2D eigenvalue weighted by Crippen LogP contribution is -2.56. The Kier molecular flexibility index (Phi) is 6.17. The molecule has 0 saturated carbocycles. The molecule has 0 radical (unpaired) electrons. The minimum absolute atomic E-state index is 0.455. The zero-order valence-electron chi connectivity index (χ0n) is 15.3. The SMILES string of the molecule is COC(=O)C1C(c2ccccc2)OC(C(=O)OC)(C(=O)OC)C1C(=O)OC. The summed E-state index contributed by atoms with van der Waals surface area (Å²) in [5, 5.41) is 0. The third-order valence-electron chi connectivity index (χ3n) is 4.47. The van der Waals surface area contributed by atoms with Gasteiger partial charge >= 0.3 is 23.9 Å². The van der Waals surface area contributed by atoms with Crippen LogP contribution in [0.2, 0.25) is 0 Å². The van der Waals surface area contributed by atoms with Gasteiger partial charge in [-0.1, -0.05) is 30.3 Å². The summed E-state index contributed by atoms with van der Waals surface area (Å²) in [6, 6.07) is 8.34. The Morgan fingerprint density at radius 2 is 1.33 bits per heavy atom. The summed E-state index contributed by atoms with van der Waals surface area (Å²) in [5.74, 6) is -7.24. The maximum atomic E-state index is 12.6. The quantitative estimate of drug-likeness (QED) is 0.407. The van der Waals surface area contributed by atoms with Crippen molar-refractivity contribution in [3.05, 3.63) is 35.9 Å². The fraction of sp³-hybridized carbons (Fsp3) is 0.444. The number of esters is 4. The standard InChI is InChI=1S/C18H20O9/c1-23-14(19)11-12(15(20)24-2)18(16(21)25-3,17(22)26-4)27-13(11)10-8-6-5-7-9-10/h5-9,11-13H,1-4H3. The van der Waals surface area contributed by atoms with Gasteiger partial charge in [0.2, 0.25) is 0 Å². The van der Waals surface area contributed by atoms with Crippen molar-refractivity contribution in [2.24, 2.45) is 11.8 Å². The molecule has 0 N–H and O–H groups in total. The van der Waals surface area contributed by atoms with E-state index >= 15 is 0 Å². The Balaban J connectivity index is 2.75. The highest BCUT2D eigenvalue weighted by Crippen LogP contribution is 2.50. The monoisotopic (exact) mass is 380 g/mol. The van der Waals surface area contributed by atoms with Crippen LogP contribution in [0.5, 0.6) is 0 Å². The average molecular weight is 380 g/mol. The van der Waals surface area contributed by atoms with Crippen LogP contribution in [0.15, 0.2) is 30.3 Å². The first-order valence-electron chi connectivity index (χ1n) is 7.94. The van der Waals surface area contributed by atoms with Crippen molar-refractivity contribution in [1.29, 1.82) is 0 Å². The predicted octanol–water partition coefficient (Wildman–Crippen LogP) is 0.421. The maximum Gasteiger partial charge on any atom is 0.351 e. The summed E-state index contributed by atoms with van der Waals surface area (Å²) in [6.45, 7) is 0. The van der Waals surface area contributed by atoms with Crippen LogP contribution in [0.4, 0.5) is 0 Å². The number of carbonyl (C=O) groups is 4. The largest absolute Gasteiger partial charge is 0.469 e. The molecule has 1 aliphatic rings. The number of methoxy groups -OCH3 is 4. The first-order chi connectivity index (χ1) is 12.9. The molecule has 0 aliphatic carbocycles. The Bertz CT molecular complexity index is 712. The molecule has 9 nitrogen and oxygen atoms in total. The highest BCUT2D eigenvalue weighted by Gasteiger charge is 2.71. The number of rotatable bonds is 5. The van der Waals surface area contributed by atoms with Gasteiger partial charge in [0.15, 0.2) is 0 Å². The smallest absolute Gasteiger partial charge is 0.351 e. The van der Waals surface area contributed by atoms with Crippen LogP contribution in [0.3, 0.4) is 0 Å². The summed E-state index contributed by atoms with van der Waals surface area (Å²) in [7, 11) is 4.22. The molecular weight excluding hydrogens is 360 g/mol. The van der Waals surface area contributed by atoms with E-state index in [0.717, 1.165) is 28.4 Å². The summed E-state index contributed by atoms with van der Waals surface area (Å²) in [4.78, 5) is 50.3. The van der Waals surface area contributed by atoms with Gasteiger partial charge in [0, 0.05) is 0 Å². The van der Waals surface area contributed by atoms with E-state index in [9.17, 15) is 19.2 Å². The van der Waals surface area contributed by atoms with Gasteiger partial charge in [-0.05, 0) is 5.56 Å². The third kappa shape index (κ3) is 3.25. The van der Waals surface area contributed by atoms with E-state index < -0.39 is 47.4 Å². The first-order valence-corrected chi connectivity index (χ1v) is 7.94. The van der Waals surface area contributed by atoms with Crippen molar-refractivity contribution in [1.82, 2.24) is 0 Å². The Morgan fingerprint density at radius 3 is 1.78 bits per heavy atom. The van der Waals surface area contributed by atoms with Gasteiger partial charge in [-0.25, -0.2) is 9.59 Å². The second-order valence-corrected chi connectivity index (χ2v) is 5.72. The average Bonchev–Trinajstić information content (AvgIpc) is 3.09. The summed E-state index contributed by atoms with van der Waals surface area (Å²) >= 11 is 0. The summed E-state index contributed by atoms with van der Waals surface area (Å²) in [6.07, 6.45) is -1.15. The van der Waals surface area contributed by atoms with Crippen LogP contribution >= 0.6 is 0 Å². The molecule has 1 aromatic rings. The number of benzene rings is 1. The number of carbonyl (C=O) groups excluding carboxylic acids is 4. The van der Waals surface area contributed by atoms with E-state index in [0.29, 0.717) is 5.56 Å². The Labute approximate surface area is 155 Å². The molecule has 3 atom stereocenters. The van der Waals surface area contributed by atoms with Crippen LogP contribution in [0, 0.1) is 11.8 Å². The van der Waals surface area contributed by atoms with Gasteiger partial charge in [-0.3, -0.25) is 9.59 Å². The van der Waals surface area contributed by atoms with Crippen LogP contribution in [-0.2, 0) is 42.9 Å². The fourth-order valence-corrected chi connectivity index (χ4v) is 3.26. The Hall–Kier alpha value is -2.94. The minimum Gasteiger partial charge on any atom is -0.469 e. The second kappa shape index (κ2) is 8.17. The molecule has 1 aromatic carbocycles. The highest BCUT2D eigenvalue weighted by molar-refractivity contribution is 6.09. The van der Waals surface area contributed by atoms with E-state index in [-0.39, 0.29) is 0 Å². The van der Waals surface area contributed by atoms with Gasteiger partial charge in [-0.15, -0.1) is 0 Å². The topological polar surface area (TPSA) is 114 Å². The fourth-order valence-electron chi connectivity index (χ4n) is 3.26. The molecule has 9 heteroatoms. The van der Waals surface area contributed by atoms with Crippen LogP contribution in [-0.4, -0.2) is 57.9 Å². The van der Waals surface area contributed by atoms with Crippen LogP contribution in [0.25, 0.3) is 0 Å². The molecule has 0 spiro atoms. The van der Waals surface area contributed by atoms with Gasteiger partial charge < -0.3 is 23.7 Å². The summed E-state index contributed by atoms with van der Waals surface area (Å²) in [5.41, 5.74) is -2.06. The molecule has 1 aliphatic heterocycles. The van der Waals surface area contributed by atoms with Gasteiger partial charge in [0.05, 0.1) is 34.5 Å². The number of ether oxygens (including phenoxy) is 5. The van der Waals surface area contributed by atoms with Crippen LogP contribution in [0.1, 0.15) is 11.7 Å². The highest BCUT2D eigenvalue weighted by atomic mass is 16.6. The molecule has 0 aromatic heterocycles. The normalized spacial score (nSPS) is 23.2. The minimum atomic E-state index is -2.52. The molecule has 2 rings (SSSR count). The van der Waals surface area contributed by atoms with Gasteiger partial charge in [0.1, 0.15) is 11.8 Å². The first kappa shape index (κ1) is 20.4. The lowest BCUT2D eigenvalue weighted by molar-refractivity contribution is -0.194. The van der Waals surface area contributed by atoms with E-state index in [1.165, 1.54) is 0 Å². The van der Waals surface area contributed by atoms with Gasteiger partial charge in [0.25, 0.3) is 5.60 Å². The zero-order valence-corrected chi connectivity index (χ0v) is 15.3. The molecule has 27 heavy (non-hydrogen) atoms. The lowest BCUT2D eigenvalue weighted by atomic mass is 9.77. The van der Waals surface area contributed by atoms with Crippen LogP contribution < -0.4 is 0 Å². The van der Waals surface area contributed by atoms with E-state index in [1.807, 2.05) is 0 Å². The molecule has 0 bridgehead atoms. The third-order valence-corrected chi connectivity index (χ3v) is 4.47. The molecular formula is C18H20O9. The zero-order chi connectivity index (χ0) is 20.2. The van der Waals surface area contributed by atoms with Crippen molar-refractivity contribution < 1.29 is 42.9 Å². The van der Waals surface area contributed by atoms with Crippen molar-refractivity contribution in [2.45, 2.75) is 11.7 Å². The molecule has 0 amide bonds. The predicted molar refractivity (Wildman–Crippen MR) is 88.0 cm³/mol. The van der Waals surface area contributed by atoms with Gasteiger partial charge in [-0.2, -0.15) is 0 Å². The molecule has 1 fully saturated rings. The molecule has 1 heterocycles. The van der Waals surface area contributed by atoms with Crippen molar-refractivity contribution in [3.63, 3.8) is 0 Å². The second-order valence-electron chi connectivity index (χ2n) is 5.72. The number of hydrogen-bond acceptors (Lipinski definition) is 9. The number of hydrogen-bond donors (Lipinski definition) is 0. The maximum absolute atomic E-state index is 12.6. The molecule has 3 unspecified atom stereocenters. The lowest BCUT2D eigenvalue weighted by Gasteiger charge is -2.27. The van der Waals surface area contributed by atoms with Crippen molar-refractivity contribution >= 4 is 23.9 Å². The molecule has 1 saturated heterocycles.